The zero-order valence-corrected chi connectivity index (χ0v) is 26.2. The number of aromatic nitrogens is 1. The fourth-order valence-corrected chi connectivity index (χ4v) is 8.67. The lowest BCUT2D eigenvalue weighted by atomic mass is 9.71. The normalized spacial score (nSPS) is 27.4. The molecule has 2 aliphatic heterocycles. The molecule has 2 aliphatic carbocycles. The van der Waals surface area contributed by atoms with Gasteiger partial charge in [-0.15, -0.1) is 0 Å². The summed E-state index contributed by atoms with van der Waals surface area (Å²) in [6.45, 7) is 3.44. The number of cyclic esters (lactones) is 1. The molecule has 6 rings (SSSR count). The summed E-state index contributed by atoms with van der Waals surface area (Å²) in [5, 5.41) is 15.3. The third-order valence-electron chi connectivity index (χ3n) is 10.8. The second-order valence-electron chi connectivity index (χ2n) is 14.0. The van der Waals surface area contributed by atoms with Gasteiger partial charge in [-0.25, -0.2) is 14.0 Å². The van der Waals surface area contributed by atoms with Gasteiger partial charge < -0.3 is 25.4 Å². The van der Waals surface area contributed by atoms with E-state index in [2.05, 4.69) is 10.6 Å². The number of esters is 1. The van der Waals surface area contributed by atoms with Gasteiger partial charge in [0.2, 0.25) is 11.8 Å². The van der Waals surface area contributed by atoms with E-state index < -0.39 is 30.6 Å². The molecule has 11 heteroatoms. The Hall–Kier alpha value is -3.63. The van der Waals surface area contributed by atoms with Crippen molar-refractivity contribution >= 4 is 40.5 Å². The van der Waals surface area contributed by atoms with Gasteiger partial charge in [0.25, 0.3) is 0 Å². The summed E-state index contributed by atoms with van der Waals surface area (Å²) in [5.74, 6) is -0.524. The molecule has 45 heavy (non-hydrogen) atoms. The van der Waals surface area contributed by atoms with E-state index in [1.807, 2.05) is 41.5 Å². The first-order valence-corrected chi connectivity index (χ1v) is 16.6. The highest BCUT2D eigenvalue weighted by atomic mass is 19.1. The number of hydrogen-bond acceptors (Lipinski definition) is 5. The number of anilines is 1. The van der Waals surface area contributed by atoms with Gasteiger partial charge in [-0.3, -0.25) is 14.2 Å². The van der Waals surface area contributed by atoms with Crippen LogP contribution >= 0.6 is 0 Å². The molecule has 3 N–H and O–H groups in total. The van der Waals surface area contributed by atoms with Gasteiger partial charge in [0.15, 0.2) is 5.72 Å². The van der Waals surface area contributed by atoms with Gasteiger partial charge in [0, 0.05) is 23.5 Å². The first kappa shape index (κ1) is 31.4. The maximum absolute atomic E-state index is 14.2. The summed E-state index contributed by atoms with van der Waals surface area (Å²) in [6, 6.07) is 6.05. The van der Waals surface area contributed by atoms with Gasteiger partial charge in [-0.1, -0.05) is 32.1 Å². The van der Waals surface area contributed by atoms with Crippen LogP contribution in [0.15, 0.2) is 24.3 Å². The summed E-state index contributed by atoms with van der Waals surface area (Å²) < 4.78 is 21.0. The van der Waals surface area contributed by atoms with E-state index >= 15 is 0 Å². The Balaban J connectivity index is 1.22. The molecule has 3 atom stereocenters. The van der Waals surface area contributed by atoms with Gasteiger partial charge >= 0.3 is 12.1 Å². The van der Waals surface area contributed by atoms with Crippen molar-refractivity contribution in [2.24, 2.45) is 23.7 Å². The van der Waals surface area contributed by atoms with E-state index in [-0.39, 0.29) is 35.5 Å². The van der Waals surface area contributed by atoms with E-state index in [1.165, 1.54) is 6.42 Å². The van der Waals surface area contributed by atoms with Crippen molar-refractivity contribution in [2.45, 2.75) is 102 Å². The lowest BCUT2D eigenvalue weighted by Crippen LogP contribution is -2.57. The number of halogens is 1. The van der Waals surface area contributed by atoms with Crippen LogP contribution in [0.5, 0.6) is 0 Å². The zero-order chi connectivity index (χ0) is 31.9. The number of fused-ring (bicyclic) bond motifs is 3. The van der Waals surface area contributed by atoms with Crippen molar-refractivity contribution in [3.8, 4) is 0 Å². The van der Waals surface area contributed by atoms with E-state index in [0.29, 0.717) is 49.5 Å². The monoisotopic (exact) mass is 624 g/mol. The molecule has 0 bridgehead atoms. The number of benzene rings is 1. The zero-order valence-electron chi connectivity index (χ0n) is 26.2. The second-order valence-corrected chi connectivity index (χ2v) is 14.0. The molecule has 2 aromatic rings. The fraction of sp³-hybridized carbons (Fsp3) is 0.647. The molecule has 1 aromatic carbocycles. The Morgan fingerprint density at radius 1 is 1.02 bits per heavy atom. The number of hydrogen-bond donors (Lipinski definition) is 3. The van der Waals surface area contributed by atoms with E-state index in [9.17, 15) is 23.6 Å². The third kappa shape index (κ3) is 6.14. The molecule has 244 valence electrons. The Morgan fingerprint density at radius 3 is 2.44 bits per heavy atom. The summed E-state index contributed by atoms with van der Waals surface area (Å²) in [5.41, 5.74) is 1.14. The average Bonchev–Trinajstić information content (AvgIpc) is 3.53. The van der Waals surface area contributed by atoms with Crippen LogP contribution in [0, 0.1) is 23.7 Å². The summed E-state index contributed by atoms with van der Waals surface area (Å²) >= 11 is 0. The van der Waals surface area contributed by atoms with Crippen LogP contribution in [0.1, 0.15) is 95.0 Å². The van der Waals surface area contributed by atoms with Crippen LogP contribution in [0.25, 0.3) is 10.9 Å². The first-order chi connectivity index (χ1) is 21.6. The molecule has 4 aliphatic rings. The third-order valence-corrected chi connectivity index (χ3v) is 10.8. The van der Waals surface area contributed by atoms with Crippen LogP contribution in [0.3, 0.4) is 0 Å². The number of rotatable bonds is 7. The Kier molecular flexibility index (Phi) is 8.81. The number of piperidine rings is 1. The van der Waals surface area contributed by atoms with Crippen LogP contribution in [-0.4, -0.2) is 63.8 Å². The van der Waals surface area contributed by atoms with Crippen molar-refractivity contribution in [3.63, 3.8) is 0 Å². The molecule has 10 nitrogen and oxygen atoms in total. The molecule has 1 aromatic heterocycles. The summed E-state index contributed by atoms with van der Waals surface area (Å²) in [6.07, 6.45) is 8.37. The highest BCUT2D eigenvalue weighted by molar-refractivity contribution is 6.02. The van der Waals surface area contributed by atoms with E-state index in [1.54, 1.807) is 6.07 Å². The van der Waals surface area contributed by atoms with Gasteiger partial charge in [0.1, 0.15) is 18.4 Å². The number of carboxylic acid groups (broad SMARTS) is 1. The maximum atomic E-state index is 14.2. The van der Waals surface area contributed by atoms with Crippen LogP contribution in [0.4, 0.5) is 14.9 Å². The Morgan fingerprint density at radius 2 is 1.76 bits per heavy atom. The number of ether oxygens (including phenoxy) is 1. The van der Waals surface area contributed by atoms with Crippen molar-refractivity contribution in [1.82, 2.24) is 14.8 Å². The smallest absolute Gasteiger partial charge is 0.404 e. The van der Waals surface area contributed by atoms with Gasteiger partial charge in [-0.05, 0) is 94.4 Å². The van der Waals surface area contributed by atoms with Crippen LogP contribution < -0.4 is 10.6 Å². The number of likely N-dealkylation sites (tertiary alicyclic amines) is 1. The highest BCUT2D eigenvalue weighted by Crippen LogP contribution is 2.41. The number of carbonyl (C=O) groups excluding carboxylic acids is 3. The Bertz CT molecular complexity index is 1460. The molecule has 3 heterocycles. The molecule has 3 amide bonds. The van der Waals surface area contributed by atoms with Gasteiger partial charge in [0.05, 0.1) is 11.6 Å². The minimum absolute atomic E-state index is 0.0165. The second kappa shape index (κ2) is 12.6. The lowest BCUT2D eigenvalue weighted by molar-refractivity contribution is -0.148. The van der Waals surface area contributed by atoms with Crippen LogP contribution in [0.2, 0.25) is 0 Å². The number of carbonyl (C=O) groups is 4. The van der Waals surface area contributed by atoms with Crippen molar-refractivity contribution in [1.29, 1.82) is 0 Å². The van der Waals surface area contributed by atoms with E-state index in [4.69, 9.17) is 9.84 Å². The quantitative estimate of drug-likeness (QED) is 0.322. The molecule has 0 spiro atoms. The minimum Gasteiger partial charge on any atom is -0.465 e. The van der Waals surface area contributed by atoms with Crippen LogP contribution in [-0.2, 0) is 20.1 Å². The molecular formula is C34H45FN4O6. The molecule has 3 fully saturated rings. The SMILES string of the molecule is CC1(C)OC(=O)c2cc3cc(NC(=O)[C@@H]4[C@H](C5CCCCC5)CCCN4C(=O)C4CCC([C@@H](CF)NC(=O)O)CC4)ccc3n21. The number of amides is 3. The number of nitrogens with zero attached hydrogens (tertiary/aromatic N) is 2. The summed E-state index contributed by atoms with van der Waals surface area (Å²) in [4.78, 5) is 53.8. The van der Waals surface area contributed by atoms with Crippen molar-refractivity contribution < 1.29 is 33.4 Å². The van der Waals surface area contributed by atoms with Gasteiger partial charge in [-0.2, -0.15) is 0 Å². The number of alkyl halides is 1. The standard InChI is InChI=1S/C34H45FN4O6/c1-34(2)39-27-15-14-24(17-23(27)18-28(39)32(42)45-34)36-30(40)29-25(20-7-4-3-5-8-20)9-6-16-38(29)31(41)22-12-10-21(11-13-22)26(19-35)37-33(43)44/h14-15,17-18,20-22,25-26,29,37H,3-13,16,19H2,1-2H3,(H,36,40)(H,43,44)/t21?,22?,25-,26+,29-/m0/s1. The molecule has 2 saturated carbocycles. The predicted octanol–water partition coefficient (Wildman–Crippen LogP) is 6.04. The lowest BCUT2D eigenvalue weighted by Gasteiger charge is -2.46. The minimum atomic E-state index is -1.24. The van der Waals surface area contributed by atoms with E-state index in [0.717, 1.165) is 49.4 Å². The molecule has 0 unspecified atom stereocenters. The first-order valence-electron chi connectivity index (χ1n) is 16.6. The maximum Gasteiger partial charge on any atom is 0.404 e. The van der Waals surface area contributed by atoms with Crippen molar-refractivity contribution in [2.75, 3.05) is 18.5 Å². The molecular weight excluding hydrogens is 579 g/mol. The fourth-order valence-electron chi connectivity index (χ4n) is 8.67. The average molecular weight is 625 g/mol. The van der Waals surface area contributed by atoms with Crippen molar-refractivity contribution in [3.05, 3.63) is 30.0 Å². The predicted molar refractivity (Wildman–Crippen MR) is 166 cm³/mol. The molecule has 1 saturated heterocycles. The number of nitrogens with one attached hydrogen (secondary N) is 2. The highest BCUT2D eigenvalue weighted by Gasteiger charge is 2.45. The summed E-state index contributed by atoms with van der Waals surface area (Å²) in [7, 11) is 0. The Labute approximate surface area is 263 Å². The molecule has 0 radical (unpaired) electrons. The largest absolute Gasteiger partial charge is 0.465 e. The topological polar surface area (TPSA) is 130 Å².